The van der Waals surface area contributed by atoms with E-state index in [0.29, 0.717) is 13.1 Å². The van der Waals surface area contributed by atoms with Crippen LogP contribution in [0.5, 0.6) is 0 Å². The highest BCUT2D eigenvalue weighted by atomic mass is 16.7. The molecule has 4 aromatic rings. The second-order valence-electron chi connectivity index (χ2n) is 12.5. The highest BCUT2D eigenvalue weighted by molar-refractivity contribution is 5.74. The van der Waals surface area contributed by atoms with Gasteiger partial charge in [0, 0.05) is 64.3 Å². The third-order valence-corrected chi connectivity index (χ3v) is 9.00. The number of urea groups is 1. The van der Waals surface area contributed by atoms with Crippen LogP contribution in [0.1, 0.15) is 53.6 Å². The predicted molar refractivity (Wildman–Crippen MR) is 184 cm³/mol. The number of aliphatic hydroxyl groups excluding tert-OH is 1. The number of aliphatic hydroxyl groups is 1. The molecule has 2 heterocycles. The lowest BCUT2D eigenvalue weighted by atomic mass is 9.98. The van der Waals surface area contributed by atoms with Gasteiger partial charge in [0.1, 0.15) is 0 Å². The number of hydrogen-bond acceptors (Lipinski definition) is 6. The van der Waals surface area contributed by atoms with Gasteiger partial charge in [0.05, 0.1) is 18.8 Å². The Labute approximate surface area is 278 Å². The molecule has 8 heteroatoms. The smallest absolute Gasteiger partial charge is 0.315 e. The minimum Gasteiger partial charge on any atom is -0.392 e. The van der Waals surface area contributed by atoms with Gasteiger partial charge in [0.15, 0.2) is 6.29 Å². The minimum absolute atomic E-state index is 0.00395. The molecule has 0 aromatic heterocycles. The summed E-state index contributed by atoms with van der Waals surface area (Å²) < 4.78 is 13.4. The van der Waals surface area contributed by atoms with Crippen LogP contribution in [0.25, 0.3) is 11.1 Å². The summed E-state index contributed by atoms with van der Waals surface area (Å²) in [6, 6.07) is 35.2. The molecule has 0 aliphatic carbocycles. The number of rotatable bonds is 11. The van der Waals surface area contributed by atoms with Crippen molar-refractivity contribution in [3.8, 4) is 11.1 Å². The second kappa shape index (κ2) is 16.2. The van der Waals surface area contributed by atoms with E-state index in [1.807, 2.05) is 31.2 Å². The summed E-state index contributed by atoms with van der Waals surface area (Å²) in [5, 5.41) is 15.3. The Balaban J connectivity index is 1.16. The van der Waals surface area contributed by atoms with Crippen molar-refractivity contribution in [2.24, 2.45) is 0 Å². The predicted octanol–water partition coefficient (Wildman–Crippen LogP) is 6.03. The molecule has 6 rings (SSSR count). The number of carbonyl (C=O) groups excluding carboxylic acids is 1. The minimum atomic E-state index is -0.516. The zero-order valence-electron chi connectivity index (χ0n) is 27.2. The Hall–Kier alpha value is -4.05. The summed E-state index contributed by atoms with van der Waals surface area (Å²) in [5.74, 6) is 0. The van der Waals surface area contributed by atoms with Crippen molar-refractivity contribution < 1.29 is 19.4 Å². The van der Waals surface area contributed by atoms with Gasteiger partial charge in [-0.25, -0.2) is 4.79 Å². The van der Waals surface area contributed by atoms with Crippen molar-refractivity contribution in [3.63, 3.8) is 0 Å². The lowest BCUT2D eigenvalue weighted by Crippen LogP contribution is -2.49. The van der Waals surface area contributed by atoms with Crippen molar-refractivity contribution in [1.82, 2.24) is 20.4 Å². The van der Waals surface area contributed by atoms with E-state index >= 15 is 0 Å². The third-order valence-electron chi connectivity index (χ3n) is 9.00. The molecule has 2 saturated heterocycles. The zero-order valence-corrected chi connectivity index (χ0v) is 27.2. The van der Waals surface area contributed by atoms with Gasteiger partial charge in [-0.3, -0.25) is 9.80 Å². The molecule has 2 amide bonds. The van der Waals surface area contributed by atoms with Gasteiger partial charge >= 0.3 is 6.03 Å². The Morgan fingerprint density at radius 3 is 2.19 bits per heavy atom. The second-order valence-corrected chi connectivity index (χ2v) is 12.5. The van der Waals surface area contributed by atoms with Crippen molar-refractivity contribution in [1.29, 1.82) is 0 Å². The monoisotopic (exact) mass is 634 g/mol. The average Bonchev–Trinajstić information content (AvgIpc) is 3.12. The van der Waals surface area contributed by atoms with E-state index in [0.717, 1.165) is 79.1 Å². The Kier molecular flexibility index (Phi) is 11.3. The first-order valence-corrected chi connectivity index (χ1v) is 16.8. The molecule has 2 fully saturated rings. The Bertz CT molecular complexity index is 1570. The molecule has 8 nitrogen and oxygen atoms in total. The fourth-order valence-electron chi connectivity index (χ4n) is 6.42. The normalized spacial score (nSPS) is 20.5. The van der Waals surface area contributed by atoms with E-state index in [4.69, 9.17) is 9.47 Å². The number of benzene rings is 4. The lowest BCUT2D eigenvalue weighted by molar-refractivity contribution is -0.253. The standard InChI is InChI=1S/C39H46N4O4/c1-2-40-39(45)41-25-31-10-6-11-33(22-31)34-12-7-13-35(23-34)38-46-36(24-37(47-38)32-16-14-30(28-44)15-17-32)27-43-20-18-42(19-21-43)26-29-8-4-3-5-9-29/h3-17,22-23,36-38,44H,2,18-21,24-28H2,1H3,(H2,40,41,45)/t36-,37+,38+/m1/s1. The SMILES string of the molecule is CCNC(=O)NCc1cccc(-c2cccc([C@H]3O[C@@H](CN4CCN(Cc5ccccc5)CC4)C[C@@H](c4ccc(CO)cc4)O3)c2)c1. The van der Waals surface area contributed by atoms with Crippen LogP contribution < -0.4 is 10.6 Å². The highest BCUT2D eigenvalue weighted by Crippen LogP contribution is 2.39. The number of nitrogens with one attached hydrogen (secondary N) is 2. The van der Waals surface area contributed by atoms with Gasteiger partial charge in [0.25, 0.3) is 0 Å². The van der Waals surface area contributed by atoms with Gasteiger partial charge in [-0.2, -0.15) is 0 Å². The molecule has 3 atom stereocenters. The molecule has 0 spiro atoms. The van der Waals surface area contributed by atoms with Crippen molar-refractivity contribution in [2.45, 2.75) is 51.5 Å². The van der Waals surface area contributed by atoms with E-state index in [9.17, 15) is 9.90 Å². The maximum Gasteiger partial charge on any atom is 0.315 e. The van der Waals surface area contributed by atoms with Crippen LogP contribution in [0, 0.1) is 0 Å². The van der Waals surface area contributed by atoms with Crippen LogP contribution in [0.3, 0.4) is 0 Å². The van der Waals surface area contributed by atoms with Crippen molar-refractivity contribution in [2.75, 3.05) is 39.3 Å². The van der Waals surface area contributed by atoms with Gasteiger partial charge in [-0.1, -0.05) is 91.0 Å². The maximum absolute atomic E-state index is 11.9. The fourth-order valence-corrected chi connectivity index (χ4v) is 6.42. The molecule has 2 aliphatic heterocycles. The molecule has 0 radical (unpaired) electrons. The fraction of sp³-hybridized carbons (Fsp3) is 0.359. The molecule has 47 heavy (non-hydrogen) atoms. The number of ether oxygens (including phenoxy) is 2. The zero-order chi connectivity index (χ0) is 32.4. The third kappa shape index (κ3) is 9.06. The van der Waals surface area contributed by atoms with E-state index in [2.05, 4.69) is 99.3 Å². The van der Waals surface area contributed by atoms with E-state index < -0.39 is 6.29 Å². The van der Waals surface area contributed by atoms with Crippen LogP contribution in [0.4, 0.5) is 4.79 Å². The number of amides is 2. The Morgan fingerprint density at radius 2 is 1.45 bits per heavy atom. The number of hydrogen-bond donors (Lipinski definition) is 3. The molecular formula is C39H46N4O4. The van der Waals surface area contributed by atoms with Crippen LogP contribution in [0.2, 0.25) is 0 Å². The molecule has 4 aromatic carbocycles. The molecule has 3 N–H and O–H groups in total. The number of carbonyl (C=O) groups is 1. The first-order chi connectivity index (χ1) is 23.1. The van der Waals surface area contributed by atoms with E-state index in [-0.39, 0.29) is 24.8 Å². The summed E-state index contributed by atoms with van der Waals surface area (Å²) in [4.78, 5) is 17.0. The van der Waals surface area contributed by atoms with Gasteiger partial charge < -0.3 is 25.2 Å². The molecular weight excluding hydrogens is 588 g/mol. The molecule has 0 bridgehead atoms. The highest BCUT2D eigenvalue weighted by Gasteiger charge is 2.34. The van der Waals surface area contributed by atoms with Gasteiger partial charge in [-0.05, 0) is 52.4 Å². The van der Waals surface area contributed by atoms with Crippen LogP contribution in [-0.4, -0.2) is 66.3 Å². The van der Waals surface area contributed by atoms with E-state index in [1.54, 1.807) is 0 Å². The average molecular weight is 635 g/mol. The molecule has 2 aliphatic rings. The van der Waals surface area contributed by atoms with Crippen LogP contribution in [0.15, 0.2) is 103 Å². The topological polar surface area (TPSA) is 86.3 Å². The van der Waals surface area contributed by atoms with Gasteiger partial charge in [0.2, 0.25) is 0 Å². The quantitative estimate of drug-likeness (QED) is 0.187. The maximum atomic E-state index is 11.9. The summed E-state index contributed by atoms with van der Waals surface area (Å²) in [5.41, 5.74) is 7.48. The van der Waals surface area contributed by atoms with Gasteiger partial charge in [-0.15, -0.1) is 0 Å². The molecule has 0 saturated carbocycles. The number of nitrogens with zero attached hydrogens (tertiary/aromatic N) is 2. The van der Waals surface area contributed by atoms with E-state index in [1.165, 1.54) is 5.56 Å². The first kappa shape index (κ1) is 32.9. The van der Waals surface area contributed by atoms with Crippen LogP contribution in [-0.2, 0) is 29.2 Å². The van der Waals surface area contributed by atoms with Crippen molar-refractivity contribution >= 4 is 6.03 Å². The largest absolute Gasteiger partial charge is 0.392 e. The first-order valence-electron chi connectivity index (χ1n) is 16.8. The summed E-state index contributed by atoms with van der Waals surface area (Å²) in [7, 11) is 0. The van der Waals surface area contributed by atoms with Crippen LogP contribution >= 0.6 is 0 Å². The summed E-state index contributed by atoms with van der Waals surface area (Å²) >= 11 is 0. The lowest BCUT2D eigenvalue weighted by Gasteiger charge is -2.41. The van der Waals surface area contributed by atoms with Crippen molar-refractivity contribution in [3.05, 3.63) is 131 Å². The molecule has 0 unspecified atom stereocenters. The summed E-state index contributed by atoms with van der Waals surface area (Å²) in [6.45, 7) is 8.89. The summed E-state index contributed by atoms with van der Waals surface area (Å²) in [6.07, 6.45) is 0.125. The Morgan fingerprint density at radius 1 is 0.745 bits per heavy atom. The molecule has 246 valence electrons. The number of piperazine rings is 1.